The normalized spacial score (nSPS) is 17.1. The number of nitriles is 1. The Bertz CT molecular complexity index is 1300. The van der Waals surface area contributed by atoms with E-state index in [1.165, 1.54) is 0 Å². The van der Waals surface area contributed by atoms with Gasteiger partial charge in [0.1, 0.15) is 24.3 Å². The van der Waals surface area contributed by atoms with E-state index in [4.69, 9.17) is 9.47 Å². The Labute approximate surface area is 225 Å². The lowest BCUT2D eigenvalue weighted by atomic mass is 9.96. The monoisotopic (exact) mass is 537 g/mol. The van der Waals surface area contributed by atoms with Gasteiger partial charge in [-0.05, 0) is 39.3 Å². The van der Waals surface area contributed by atoms with Crippen LogP contribution >= 0.6 is 0 Å². The predicted octanol–water partition coefficient (Wildman–Crippen LogP) is 5.32. The van der Waals surface area contributed by atoms with Crippen LogP contribution in [-0.4, -0.2) is 68.7 Å². The maximum Gasteiger partial charge on any atom is 0.410 e. The molecular weight excluding hydrogens is 498 g/mol. The maximum absolute atomic E-state index is 12.6. The molecule has 1 aliphatic heterocycles. The molecule has 204 valence electrons. The van der Waals surface area contributed by atoms with Crippen LogP contribution in [0.3, 0.4) is 0 Å². The molecule has 2 atom stereocenters. The molecule has 1 amide bonds. The van der Waals surface area contributed by atoms with Crippen LogP contribution in [0.2, 0.25) is 25.7 Å². The summed E-state index contributed by atoms with van der Waals surface area (Å²) in [4.78, 5) is 23.3. The van der Waals surface area contributed by atoms with Crippen LogP contribution in [0.4, 0.5) is 4.79 Å². The number of rotatable bonds is 9. The first kappa shape index (κ1) is 27.8. The summed E-state index contributed by atoms with van der Waals surface area (Å²) in [5, 5.41) is 15.1. The van der Waals surface area contributed by atoms with Crippen molar-refractivity contribution in [3.05, 3.63) is 31.0 Å². The van der Waals surface area contributed by atoms with Gasteiger partial charge < -0.3 is 18.9 Å². The third-order valence-electron chi connectivity index (χ3n) is 6.72. The number of aromatic nitrogens is 5. The van der Waals surface area contributed by atoms with Crippen LogP contribution in [0.25, 0.3) is 22.3 Å². The Hall–Kier alpha value is -3.23. The van der Waals surface area contributed by atoms with Crippen molar-refractivity contribution in [1.82, 2.24) is 29.2 Å². The third kappa shape index (κ3) is 6.79. The van der Waals surface area contributed by atoms with Gasteiger partial charge in [-0.15, -0.1) is 0 Å². The SMILES string of the molecule is CC(C)(C)OC(=O)N1CCC(C(CC#N)n2cc(-c3ncnc4c3ccn4COCC[Si](C)(C)C)cn2)C1. The quantitative estimate of drug-likeness (QED) is 0.268. The van der Waals surface area contributed by atoms with E-state index in [-0.39, 0.29) is 18.1 Å². The highest BCUT2D eigenvalue weighted by Crippen LogP contribution is 2.33. The molecule has 38 heavy (non-hydrogen) atoms. The number of likely N-dealkylation sites (tertiary alicyclic amines) is 1. The molecule has 0 N–H and O–H groups in total. The van der Waals surface area contributed by atoms with Crippen LogP contribution in [0, 0.1) is 17.2 Å². The minimum atomic E-state index is -1.14. The van der Waals surface area contributed by atoms with Gasteiger partial charge in [0.25, 0.3) is 0 Å². The number of amides is 1. The van der Waals surface area contributed by atoms with Crippen LogP contribution < -0.4 is 0 Å². The molecule has 0 aromatic carbocycles. The molecule has 0 radical (unpaired) electrons. The summed E-state index contributed by atoms with van der Waals surface area (Å²) in [7, 11) is -1.14. The van der Waals surface area contributed by atoms with E-state index in [0.29, 0.717) is 26.2 Å². The standard InChI is InChI=1S/C27H39N7O3Si/c1-27(2,3)37-26(35)32-11-8-20(16-32)23(7-10-28)34-17-21(15-31-34)24-22-9-12-33(25(22)30-18-29-24)19-36-13-14-38(4,5)6/h9,12,15,17-18,20,23H,7-8,11,13-14,16,19H2,1-6H3. The van der Waals surface area contributed by atoms with E-state index in [2.05, 4.69) is 40.8 Å². The molecule has 0 spiro atoms. The number of hydrogen-bond acceptors (Lipinski definition) is 7. The molecule has 0 saturated carbocycles. The first-order valence-corrected chi connectivity index (χ1v) is 16.9. The zero-order valence-electron chi connectivity index (χ0n) is 23.3. The van der Waals surface area contributed by atoms with E-state index in [9.17, 15) is 10.1 Å². The molecule has 2 unspecified atom stereocenters. The van der Waals surface area contributed by atoms with Gasteiger partial charge in [0, 0.05) is 57.0 Å². The highest BCUT2D eigenvalue weighted by molar-refractivity contribution is 6.76. The fourth-order valence-corrected chi connectivity index (χ4v) is 5.44. The number of fused-ring (bicyclic) bond motifs is 1. The predicted molar refractivity (Wildman–Crippen MR) is 148 cm³/mol. The lowest BCUT2D eigenvalue weighted by Crippen LogP contribution is -2.36. The van der Waals surface area contributed by atoms with Gasteiger partial charge in [0.2, 0.25) is 0 Å². The third-order valence-corrected chi connectivity index (χ3v) is 8.42. The summed E-state index contributed by atoms with van der Waals surface area (Å²) >= 11 is 0. The average molecular weight is 538 g/mol. The molecule has 1 aliphatic rings. The van der Waals surface area contributed by atoms with Crippen LogP contribution in [-0.2, 0) is 16.2 Å². The fourth-order valence-electron chi connectivity index (χ4n) is 4.68. The highest BCUT2D eigenvalue weighted by Gasteiger charge is 2.35. The first-order valence-electron chi connectivity index (χ1n) is 13.2. The summed E-state index contributed by atoms with van der Waals surface area (Å²) in [6.07, 6.45) is 8.06. The van der Waals surface area contributed by atoms with Crippen molar-refractivity contribution < 1.29 is 14.3 Å². The van der Waals surface area contributed by atoms with E-state index in [1.54, 1.807) is 17.4 Å². The van der Waals surface area contributed by atoms with Crippen molar-refractivity contribution in [1.29, 1.82) is 5.26 Å². The molecule has 4 rings (SSSR count). The second-order valence-electron chi connectivity index (χ2n) is 12.2. The summed E-state index contributed by atoms with van der Waals surface area (Å²) < 4.78 is 15.3. The lowest BCUT2D eigenvalue weighted by molar-refractivity contribution is 0.0283. The molecule has 3 aromatic heterocycles. The van der Waals surface area contributed by atoms with E-state index in [0.717, 1.165) is 41.4 Å². The smallest absolute Gasteiger partial charge is 0.410 e. The van der Waals surface area contributed by atoms with E-state index in [1.807, 2.05) is 48.5 Å². The number of carbonyl (C=O) groups is 1. The molecular formula is C27H39N7O3Si. The summed E-state index contributed by atoms with van der Waals surface area (Å²) in [6.45, 7) is 14.9. The molecule has 1 fully saturated rings. The second kappa shape index (κ2) is 11.3. The van der Waals surface area contributed by atoms with Gasteiger partial charge in [0.05, 0.1) is 30.4 Å². The zero-order valence-corrected chi connectivity index (χ0v) is 24.3. The molecule has 0 aliphatic carbocycles. The van der Waals surface area contributed by atoms with Crippen molar-refractivity contribution in [2.24, 2.45) is 5.92 Å². The topological polar surface area (TPSA) is 111 Å². The van der Waals surface area contributed by atoms with Crippen molar-refractivity contribution in [2.45, 2.75) is 77.7 Å². The Morgan fingerprint density at radius 2 is 2.08 bits per heavy atom. The summed E-state index contributed by atoms with van der Waals surface area (Å²) in [5.41, 5.74) is 1.92. The molecule has 4 heterocycles. The van der Waals surface area contributed by atoms with Crippen molar-refractivity contribution in [2.75, 3.05) is 19.7 Å². The Morgan fingerprint density at radius 3 is 2.79 bits per heavy atom. The maximum atomic E-state index is 12.6. The van der Waals surface area contributed by atoms with Crippen molar-refractivity contribution >= 4 is 25.2 Å². The van der Waals surface area contributed by atoms with Crippen molar-refractivity contribution in [3.8, 4) is 17.3 Å². The number of ether oxygens (including phenoxy) is 2. The first-order chi connectivity index (χ1) is 17.9. The minimum absolute atomic E-state index is 0.106. The Morgan fingerprint density at radius 1 is 1.29 bits per heavy atom. The summed E-state index contributed by atoms with van der Waals surface area (Å²) in [5.74, 6) is 0.106. The highest BCUT2D eigenvalue weighted by atomic mass is 28.3. The van der Waals surface area contributed by atoms with Crippen LogP contribution in [0.5, 0.6) is 0 Å². The van der Waals surface area contributed by atoms with Crippen LogP contribution in [0.15, 0.2) is 31.0 Å². The molecule has 11 heteroatoms. The average Bonchev–Trinajstić information content (AvgIpc) is 3.58. The number of carbonyl (C=O) groups excluding carboxylic acids is 1. The van der Waals surface area contributed by atoms with Gasteiger partial charge in [-0.1, -0.05) is 19.6 Å². The Kier molecular flexibility index (Phi) is 8.23. The van der Waals surface area contributed by atoms with Gasteiger partial charge in [-0.3, -0.25) is 4.68 Å². The molecule has 10 nitrogen and oxygen atoms in total. The number of hydrogen-bond donors (Lipinski definition) is 0. The van der Waals surface area contributed by atoms with Gasteiger partial charge in [-0.25, -0.2) is 14.8 Å². The number of nitrogens with zero attached hydrogens (tertiary/aromatic N) is 7. The molecule has 0 bridgehead atoms. The van der Waals surface area contributed by atoms with E-state index >= 15 is 0 Å². The zero-order chi connectivity index (χ0) is 27.5. The van der Waals surface area contributed by atoms with Gasteiger partial charge in [0.15, 0.2) is 0 Å². The fraction of sp³-hybridized carbons (Fsp3) is 0.593. The van der Waals surface area contributed by atoms with Crippen molar-refractivity contribution in [3.63, 3.8) is 0 Å². The largest absolute Gasteiger partial charge is 0.444 e. The summed E-state index contributed by atoms with van der Waals surface area (Å²) in [6, 6.07) is 5.28. The van der Waals surface area contributed by atoms with E-state index < -0.39 is 13.7 Å². The Balaban J connectivity index is 1.49. The van der Waals surface area contributed by atoms with Gasteiger partial charge in [-0.2, -0.15) is 10.4 Å². The van der Waals surface area contributed by atoms with Crippen LogP contribution in [0.1, 0.15) is 39.7 Å². The molecule has 3 aromatic rings. The lowest BCUT2D eigenvalue weighted by Gasteiger charge is -2.25. The molecule has 1 saturated heterocycles. The minimum Gasteiger partial charge on any atom is -0.444 e. The second-order valence-corrected chi connectivity index (χ2v) is 17.8. The van der Waals surface area contributed by atoms with Gasteiger partial charge >= 0.3 is 6.09 Å².